The number of hydrogen-bond acceptors (Lipinski definition) is 4. The topological polar surface area (TPSA) is 87.1 Å². The number of carbonyl (C=O) groups excluding carboxylic acids is 1. The van der Waals surface area contributed by atoms with E-state index in [1.807, 2.05) is 0 Å². The van der Waals surface area contributed by atoms with Crippen molar-refractivity contribution < 1.29 is 33.3 Å². The van der Waals surface area contributed by atoms with Gasteiger partial charge in [0.15, 0.2) is 0 Å². The van der Waals surface area contributed by atoms with E-state index in [9.17, 15) is 23.5 Å². The number of halogens is 2. The zero-order valence-electron chi connectivity index (χ0n) is 10.9. The van der Waals surface area contributed by atoms with Crippen molar-refractivity contribution in [3.8, 4) is 0 Å². The number of amides is 1. The third-order valence-corrected chi connectivity index (χ3v) is 2.60. The van der Waals surface area contributed by atoms with Crippen molar-refractivity contribution in [1.29, 1.82) is 0 Å². The first kappa shape index (κ1) is 15.6. The number of rotatable bonds is 1. The molecule has 0 spiro atoms. The second kappa shape index (κ2) is 4.92. The van der Waals surface area contributed by atoms with E-state index in [1.54, 1.807) is 20.8 Å². The number of aliphatic hydroxyl groups is 1. The van der Waals surface area contributed by atoms with Crippen LogP contribution in [0.25, 0.3) is 0 Å². The van der Waals surface area contributed by atoms with Gasteiger partial charge in [-0.3, -0.25) is 4.79 Å². The highest BCUT2D eigenvalue weighted by atomic mass is 19.3. The number of alkyl halides is 2. The van der Waals surface area contributed by atoms with E-state index in [2.05, 4.69) is 0 Å². The number of carboxylic acid groups (broad SMARTS) is 1. The lowest BCUT2D eigenvalue weighted by molar-refractivity contribution is -0.187. The van der Waals surface area contributed by atoms with Crippen molar-refractivity contribution >= 4 is 12.1 Å². The summed E-state index contributed by atoms with van der Waals surface area (Å²) in [5.74, 6) is -7.00. The zero-order chi connectivity index (χ0) is 15.0. The Balaban J connectivity index is 2.87. The summed E-state index contributed by atoms with van der Waals surface area (Å²) in [6.07, 6.45) is -3.34. The van der Waals surface area contributed by atoms with E-state index in [0.29, 0.717) is 4.90 Å². The van der Waals surface area contributed by atoms with Gasteiger partial charge in [0.2, 0.25) is 0 Å². The molecule has 8 heteroatoms. The number of carbonyl (C=O) groups is 2. The minimum atomic E-state index is -3.68. The Bertz CT molecular complexity index is 380. The molecule has 1 fully saturated rings. The lowest BCUT2D eigenvalue weighted by atomic mass is 9.92. The Morgan fingerprint density at radius 1 is 1.37 bits per heavy atom. The average molecular weight is 281 g/mol. The Labute approximate surface area is 108 Å². The molecular formula is C11H17F2NO5. The van der Waals surface area contributed by atoms with Gasteiger partial charge in [-0.05, 0) is 20.8 Å². The van der Waals surface area contributed by atoms with E-state index in [0.717, 1.165) is 0 Å². The predicted molar refractivity (Wildman–Crippen MR) is 59.9 cm³/mol. The molecule has 1 amide bonds. The number of hydrogen-bond donors (Lipinski definition) is 2. The second-order valence-electron chi connectivity index (χ2n) is 5.51. The lowest BCUT2D eigenvalue weighted by Gasteiger charge is -2.39. The molecule has 0 bridgehead atoms. The van der Waals surface area contributed by atoms with E-state index in [4.69, 9.17) is 9.84 Å². The first-order valence-electron chi connectivity index (χ1n) is 5.70. The van der Waals surface area contributed by atoms with Crippen LogP contribution in [0.4, 0.5) is 13.6 Å². The van der Waals surface area contributed by atoms with Crippen LogP contribution in [-0.2, 0) is 9.53 Å². The molecular weight excluding hydrogens is 264 g/mol. The third-order valence-electron chi connectivity index (χ3n) is 2.60. The number of carboxylic acids is 1. The maximum Gasteiger partial charge on any atom is 0.410 e. The number of aliphatic carboxylic acids is 1. The molecule has 1 aliphatic heterocycles. The molecule has 1 saturated heterocycles. The summed E-state index contributed by atoms with van der Waals surface area (Å²) in [6.45, 7) is 3.12. The van der Waals surface area contributed by atoms with Gasteiger partial charge in [-0.1, -0.05) is 0 Å². The van der Waals surface area contributed by atoms with E-state index in [1.165, 1.54) is 0 Å². The molecule has 19 heavy (non-hydrogen) atoms. The van der Waals surface area contributed by atoms with Gasteiger partial charge in [0.25, 0.3) is 5.92 Å². The summed E-state index contributed by atoms with van der Waals surface area (Å²) >= 11 is 0. The standard InChI is InChI=1S/C11H17F2NO5/c1-10(2,3)19-9(18)14-4-6(8(16)17)7(15)11(12,13)5-14/h6-7,15H,4-5H2,1-3H3,(H,16,17)/t6-,7-/m1/s1. The molecule has 1 rings (SSSR count). The molecule has 2 atom stereocenters. The molecule has 0 aliphatic carbocycles. The molecule has 1 heterocycles. The number of piperidine rings is 1. The van der Waals surface area contributed by atoms with Gasteiger partial charge in [-0.25, -0.2) is 13.6 Å². The van der Waals surface area contributed by atoms with Crippen molar-refractivity contribution in [3.05, 3.63) is 0 Å². The van der Waals surface area contributed by atoms with Gasteiger partial charge in [-0.15, -0.1) is 0 Å². The van der Waals surface area contributed by atoms with Crippen molar-refractivity contribution in [3.63, 3.8) is 0 Å². The molecule has 6 nitrogen and oxygen atoms in total. The first-order chi connectivity index (χ1) is 8.44. The lowest BCUT2D eigenvalue weighted by Crippen LogP contribution is -2.60. The van der Waals surface area contributed by atoms with Crippen LogP contribution in [-0.4, -0.2) is 57.9 Å². The van der Waals surface area contributed by atoms with Crippen LogP contribution in [0.2, 0.25) is 0 Å². The molecule has 0 aromatic heterocycles. The van der Waals surface area contributed by atoms with Gasteiger partial charge in [0, 0.05) is 6.54 Å². The van der Waals surface area contributed by atoms with Crippen molar-refractivity contribution in [2.75, 3.05) is 13.1 Å². The molecule has 0 saturated carbocycles. The smallest absolute Gasteiger partial charge is 0.410 e. The molecule has 0 radical (unpaired) electrons. The second-order valence-corrected chi connectivity index (χ2v) is 5.51. The number of aliphatic hydroxyl groups excluding tert-OH is 1. The highest BCUT2D eigenvalue weighted by Crippen LogP contribution is 2.32. The van der Waals surface area contributed by atoms with E-state index < -0.39 is 48.7 Å². The first-order valence-corrected chi connectivity index (χ1v) is 5.70. The maximum atomic E-state index is 13.5. The fourth-order valence-corrected chi connectivity index (χ4v) is 1.72. The zero-order valence-corrected chi connectivity index (χ0v) is 10.9. The van der Waals surface area contributed by atoms with Gasteiger partial charge < -0.3 is 19.8 Å². The van der Waals surface area contributed by atoms with E-state index in [-0.39, 0.29) is 0 Å². The summed E-state index contributed by atoms with van der Waals surface area (Å²) < 4.78 is 31.9. The Hall–Kier alpha value is -1.44. The highest BCUT2D eigenvalue weighted by Gasteiger charge is 2.53. The van der Waals surface area contributed by atoms with Crippen LogP contribution in [0.1, 0.15) is 20.8 Å². The van der Waals surface area contributed by atoms with Gasteiger partial charge >= 0.3 is 12.1 Å². The van der Waals surface area contributed by atoms with Crippen LogP contribution in [0.5, 0.6) is 0 Å². The SMILES string of the molecule is CC(C)(C)OC(=O)N1C[C@@H](C(=O)O)[C@@H](O)C(F)(F)C1. The van der Waals surface area contributed by atoms with Gasteiger partial charge in [-0.2, -0.15) is 0 Å². The monoisotopic (exact) mass is 281 g/mol. The molecule has 2 N–H and O–H groups in total. The summed E-state index contributed by atoms with van der Waals surface area (Å²) in [5, 5.41) is 18.1. The number of nitrogens with zero attached hydrogens (tertiary/aromatic N) is 1. The van der Waals surface area contributed by atoms with Crippen LogP contribution in [0, 0.1) is 5.92 Å². The van der Waals surface area contributed by atoms with Crippen LogP contribution in [0.3, 0.4) is 0 Å². The molecule has 0 unspecified atom stereocenters. The summed E-state index contributed by atoms with van der Waals surface area (Å²) in [4.78, 5) is 23.1. The third kappa shape index (κ3) is 3.76. The fraction of sp³-hybridized carbons (Fsp3) is 0.818. The van der Waals surface area contributed by atoms with Crippen LogP contribution < -0.4 is 0 Å². The average Bonchev–Trinajstić information content (AvgIpc) is 2.18. The molecule has 110 valence electrons. The Kier molecular flexibility index (Phi) is 4.04. The maximum absolute atomic E-state index is 13.5. The normalized spacial score (nSPS) is 26.9. The van der Waals surface area contributed by atoms with Crippen LogP contribution in [0.15, 0.2) is 0 Å². The number of ether oxygens (including phenoxy) is 1. The summed E-state index contributed by atoms with van der Waals surface area (Å²) in [5.41, 5.74) is -0.874. The van der Waals surface area contributed by atoms with E-state index >= 15 is 0 Å². The Morgan fingerprint density at radius 3 is 2.32 bits per heavy atom. The fourth-order valence-electron chi connectivity index (χ4n) is 1.72. The molecule has 1 aliphatic rings. The van der Waals surface area contributed by atoms with Crippen molar-refractivity contribution in [2.24, 2.45) is 5.92 Å². The van der Waals surface area contributed by atoms with Crippen molar-refractivity contribution in [1.82, 2.24) is 4.90 Å². The quantitative estimate of drug-likeness (QED) is 0.746. The van der Waals surface area contributed by atoms with Gasteiger partial charge in [0.1, 0.15) is 17.6 Å². The minimum absolute atomic E-state index is 0.513. The highest BCUT2D eigenvalue weighted by molar-refractivity contribution is 5.74. The number of likely N-dealkylation sites (tertiary alicyclic amines) is 1. The van der Waals surface area contributed by atoms with Crippen molar-refractivity contribution in [2.45, 2.75) is 38.4 Å². The predicted octanol–water partition coefficient (Wildman–Crippen LogP) is 0.934. The van der Waals surface area contributed by atoms with Gasteiger partial charge in [0.05, 0.1) is 6.54 Å². The largest absolute Gasteiger partial charge is 0.481 e. The summed E-state index contributed by atoms with van der Waals surface area (Å²) in [7, 11) is 0. The minimum Gasteiger partial charge on any atom is -0.481 e. The summed E-state index contributed by atoms with van der Waals surface area (Å²) in [6, 6.07) is 0. The molecule has 0 aromatic rings. The molecule has 0 aromatic carbocycles. The Morgan fingerprint density at radius 2 is 1.89 bits per heavy atom. The van der Waals surface area contributed by atoms with Crippen LogP contribution >= 0.6 is 0 Å².